The van der Waals surface area contributed by atoms with Crippen molar-refractivity contribution in [3.05, 3.63) is 107 Å². The van der Waals surface area contributed by atoms with Gasteiger partial charge in [-0.1, -0.05) is 109 Å². The van der Waals surface area contributed by atoms with Gasteiger partial charge in [-0.2, -0.15) is 0 Å². The fourth-order valence-corrected chi connectivity index (χ4v) is 7.78. The molecule has 0 saturated carbocycles. The molecule has 158 valence electrons. The molecule has 7 rings (SSSR count). The molecule has 0 N–H and O–H groups in total. The van der Waals surface area contributed by atoms with Crippen LogP contribution in [0.1, 0.15) is 25.0 Å². The van der Waals surface area contributed by atoms with Gasteiger partial charge in [0.25, 0.3) is 0 Å². The van der Waals surface area contributed by atoms with Crippen molar-refractivity contribution >= 4 is 58.2 Å². The predicted molar refractivity (Wildman–Crippen MR) is 148 cm³/mol. The largest absolute Gasteiger partial charge is 0.134 e. The van der Waals surface area contributed by atoms with Gasteiger partial charge in [0.15, 0.2) is 0 Å². The molecule has 0 saturated heterocycles. The molecule has 0 amide bonds. The Morgan fingerprint density at radius 3 is 2.21 bits per heavy atom. The monoisotopic (exact) mass is 504 g/mol. The Labute approximate surface area is 205 Å². The molecule has 33 heavy (non-hydrogen) atoms. The van der Waals surface area contributed by atoms with Crippen LogP contribution in [0.25, 0.3) is 53.2 Å². The summed E-state index contributed by atoms with van der Waals surface area (Å²) in [6, 6.07) is 33.7. The van der Waals surface area contributed by atoms with E-state index in [0.29, 0.717) is 0 Å². The van der Waals surface area contributed by atoms with Crippen molar-refractivity contribution in [3.8, 4) is 22.3 Å². The highest BCUT2D eigenvalue weighted by molar-refractivity contribution is 9.10. The van der Waals surface area contributed by atoms with Crippen LogP contribution in [0.3, 0.4) is 0 Å². The first-order chi connectivity index (χ1) is 16.1. The smallest absolute Gasteiger partial charge is 0.0434 e. The van der Waals surface area contributed by atoms with Gasteiger partial charge >= 0.3 is 0 Å². The lowest BCUT2D eigenvalue weighted by Crippen LogP contribution is -2.14. The predicted octanol–water partition coefficient (Wildman–Crippen LogP) is 9.94. The molecule has 0 aliphatic heterocycles. The summed E-state index contributed by atoms with van der Waals surface area (Å²) in [5.41, 5.74) is 8.29. The zero-order valence-electron chi connectivity index (χ0n) is 18.4. The Morgan fingerprint density at radius 1 is 0.606 bits per heavy atom. The van der Waals surface area contributed by atoms with Gasteiger partial charge in [0.05, 0.1) is 0 Å². The highest BCUT2D eigenvalue weighted by Crippen LogP contribution is 2.52. The van der Waals surface area contributed by atoms with Crippen molar-refractivity contribution in [1.82, 2.24) is 0 Å². The first kappa shape index (κ1) is 19.5. The standard InChI is InChI=1S/C31H21BrS/c1-31(2)24-13-4-3-8-22(24)28-20-10-5-9-18(19(20)16-17-25(28)31)21-11-6-12-23-29-26(32)14-7-15-27(29)33-30(21)23/h3-17H,1-2H3. The molecule has 0 fully saturated rings. The van der Waals surface area contributed by atoms with Crippen LogP contribution < -0.4 is 0 Å². The lowest BCUT2D eigenvalue weighted by atomic mass is 9.82. The van der Waals surface area contributed by atoms with E-state index in [9.17, 15) is 0 Å². The van der Waals surface area contributed by atoms with E-state index >= 15 is 0 Å². The van der Waals surface area contributed by atoms with E-state index in [0.717, 1.165) is 4.47 Å². The Bertz CT molecular complexity index is 1750. The van der Waals surface area contributed by atoms with Crippen molar-refractivity contribution in [3.63, 3.8) is 0 Å². The number of thiophene rings is 1. The Morgan fingerprint density at radius 2 is 1.33 bits per heavy atom. The van der Waals surface area contributed by atoms with Crippen molar-refractivity contribution < 1.29 is 0 Å². The van der Waals surface area contributed by atoms with E-state index < -0.39 is 0 Å². The number of fused-ring (bicyclic) bond motifs is 8. The molecular weight excluding hydrogens is 484 g/mol. The van der Waals surface area contributed by atoms with Crippen molar-refractivity contribution in [1.29, 1.82) is 0 Å². The highest BCUT2D eigenvalue weighted by atomic mass is 79.9. The molecule has 6 aromatic rings. The number of halogens is 1. The van der Waals surface area contributed by atoms with Gasteiger partial charge in [-0.15, -0.1) is 11.3 Å². The molecule has 0 bridgehead atoms. The zero-order chi connectivity index (χ0) is 22.3. The molecule has 1 aliphatic carbocycles. The highest BCUT2D eigenvalue weighted by Gasteiger charge is 2.36. The Hall–Kier alpha value is -2.94. The minimum absolute atomic E-state index is 0.0217. The first-order valence-corrected chi connectivity index (χ1v) is 12.9. The summed E-state index contributed by atoms with van der Waals surface area (Å²) in [6.45, 7) is 4.70. The minimum Gasteiger partial charge on any atom is -0.134 e. The van der Waals surface area contributed by atoms with Crippen molar-refractivity contribution in [2.75, 3.05) is 0 Å². The average molecular weight is 505 g/mol. The minimum atomic E-state index is 0.0217. The molecule has 1 aliphatic rings. The van der Waals surface area contributed by atoms with Gasteiger partial charge in [0, 0.05) is 35.6 Å². The summed E-state index contributed by atoms with van der Waals surface area (Å²) in [5.74, 6) is 0. The number of benzene rings is 5. The number of hydrogen-bond donors (Lipinski definition) is 0. The van der Waals surface area contributed by atoms with Gasteiger partial charge in [0.2, 0.25) is 0 Å². The van der Waals surface area contributed by atoms with Gasteiger partial charge in [-0.25, -0.2) is 0 Å². The molecule has 0 spiro atoms. The summed E-state index contributed by atoms with van der Waals surface area (Å²) < 4.78 is 3.84. The summed E-state index contributed by atoms with van der Waals surface area (Å²) in [5, 5.41) is 5.32. The van der Waals surface area contributed by atoms with Gasteiger partial charge in [-0.05, 0) is 50.7 Å². The van der Waals surface area contributed by atoms with E-state index in [1.54, 1.807) is 0 Å². The molecule has 0 nitrogen and oxygen atoms in total. The molecule has 1 heterocycles. The van der Waals surface area contributed by atoms with Crippen LogP contribution in [0.15, 0.2) is 95.5 Å². The summed E-state index contributed by atoms with van der Waals surface area (Å²) in [7, 11) is 0. The normalized spacial score (nSPS) is 14.2. The van der Waals surface area contributed by atoms with E-state index in [4.69, 9.17) is 0 Å². The van der Waals surface area contributed by atoms with Gasteiger partial charge in [0.1, 0.15) is 0 Å². The van der Waals surface area contributed by atoms with Crippen LogP contribution in [0.5, 0.6) is 0 Å². The van der Waals surface area contributed by atoms with Gasteiger partial charge in [-0.3, -0.25) is 0 Å². The topological polar surface area (TPSA) is 0 Å². The lowest BCUT2D eigenvalue weighted by molar-refractivity contribution is 0.661. The summed E-state index contributed by atoms with van der Waals surface area (Å²) in [4.78, 5) is 0. The van der Waals surface area contributed by atoms with E-state index in [2.05, 4.69) is 121 Å². The maximum Gasteiger partial charge on any atom is 0.0434 e. The third-order valence-electron chi connectivity index (χ3n) is 7.37. The van der Waals surface area contributed by atoms with Crippen molar-refractivity contribution in [2.45, 2.75) is 19.3 Å². The second kappa shape index (κ2) is 6.79. The van der Waals surface area contributed by atoms with Crippen LogP contribution in [0, 0.1) is 0 Å². The van der Waals surface area contributed by atoms with Crippen LogP contribution >= 0.6 is 27.3 Å². The third kappa shape index (κ3) is 2.57. The molecule has 2 heteroatoms. The molecular formula is C31H21BrS. The summed E-state index contributed by atoms with van der Waals surface area (Å²) >= 11 is 5.67. The number of hydrogen-bond acceptors (Lipinski definition) is 1. The fraction of sp³-hybridized carbons (Fsp3) is 0.0968. The van der Waals surface area contributed by atoms with Crippen LogP contribution in [0.2, 0.25) is 0 Å². The van der Waals surface area contributed by atoms with Crippen LogP contribution in [-0.4, -0.2) is 0 Å². The Balaban J connectivity index is 1.57. The number of rotatable bonds is 1. The zero-order valence-corrected chi connectivity index (χ0v) is 20.8. The maximum atomic E-state index is 3.78. The molecule has 0 unspecified atom stereocenters. The Kier molecular flexibility index (Phi) is 4.02. The first-order valence-electron chi connectivity index (χ1n) is 11.3. The maximum absolute atomic E-state index is 3.78. The lowest BCUT2D eigenvalue weighted by Gasteiger charge is -2.21. The van der Waals surface area contributed by atoms with Crippen LogP contribution in [-0.2, 0) is 5.41 Å². The third-order valence-corrected chi connectivity index (χ3v) is 9.23. The SMILES string of the molecule is CC1(C)c2ccccc2-c2c1ccc1c(-c3cccc4c3sc3cccc(Br)c34)cccc21. The molecule has 5 aromatic carbocycles. The van der Waals surface area contributed by atoms with E-state index in [1.807, 2.05) is 11.3 Å². The molecule has 0 radical (unpaired) electrons. The van der Waals surface area contributed by atoms with Gasteiger partial charge < -0.3 is 0 Å². The summed E-state index contributed by atoms with van der Waals surface area (Å²) in [6.07, 6.45) is 0. The van der Waals surface area contributed by atoms with E-state index in [-0.39, 0.29) is 5.41 Å². The second-order valence-electron chi connectivity index (χ2n) is 9.46. The molecule has 0 atom stereocenters. The molecule has 1 aromatic heterocycles. The van der Waals surface area contributed by atoms with Crippen LogP contribution in [0.4, 0.5) is 0 Å². The van der Waals surface area contributed by atoms with E-state index in [1.165, 1.54) is 64.3 Å². The van der Waals surface area contributed by atoms with Crippen molar-refractivity contribution in [2.24, 2.45) is 0 Å². The fourth-order valence-electron chi connectivity index (χ4n) is 5.81. The quantitative estimate of drug-likeness (QED) is 0.209. The average Bonchev–Trinajstić information content (AvgIpc) is 3.33. The second-order valence-corrected chi connectivity index (χ2v) is 11.4.